The largest absolute Gasteiger partial charge is 0.481 e. The Balaban J connectivity index is 1.55. The second-order valence-electron chi connectivity index (χ2n) is 6.20. The fourth-order valence-corrected chi connectivity index (χ4v) is 3.04. The monoisotopic (exact) mass is 460 g/mol. The summed E-state index contributed by atoms with van der Waals surface area (Å²) in [5.74, 6) is -0.448. The van der Waals surface area contributed by atoms with Crippen LogP contribution in [0.2, 0.25) is 0 Å². The predicted molar refractivity (Wildman–Crippen MR) is 109 cm³/mol. The van der Waals surface area contributed by atoms with Gasteiger partial charge in [-0.2, -0.15) is 0 Å². The standard InChI is InChI=1S/C19H17BrN4O5/c1-12(29-16-4-2-3-14(20)10-16)19(26)22-21-18(25)11-23-8-7-13-9-15(24(27)28)5-6-17(13)23/h2-10,12H,11H2,1H3,(H,21,25)(H,22,26). The fourth-order valence-electron chi connectivity index (χ4n) is 2.66. The summed E-state index contributed by atoms with van der Waals surface area (Å²) in [6, 6.07) is 13.1. The van der Waals surface area contributed by atoms with Crippen LogP contribution < -0.4 is 15.6 Å². The zero-order valence-corrected chi connectivity index (χ0v) is 16.9. The molecule has 2 aromatic carbocycles. The lowest BCUT2D eigenvalue weighted by Gasteiger charge is -2.15. The maximum absolute atomic E-state index is 12.2. The highest BCUT2D eigenvalue weighted by Gasteiger charge is 2.16. The summed E-state index contributed by atoms with van der Waals surface area (Å²) in [5.41, 5.74) is 5.31. The van der Waals surface area contributed by atoms with Gasteiger partial charge in [-0.25, -0.2) is 0 Å². The van der Waals surface area contributed by atoms with Gasteiger partial charge in [-0.1, -0.05) is 22.0 Å². The number of hydrazine groups is 1. The molecular weight excluding hydrogens is 444 g/mol. The van der Waals surface area contributed by atoms with Crippen molar-refractivity contribution in [2.24, 2.45) is 0 Å². The van der Waals surface area contributed by atoms with Crippen molar-refractivity contribution < 1.29 is 19.2 Å². The molecule has 3 aromatic rings. The molecule has 10 heteroatoms. The highest BCUT2D eigenvalue weighted by Crippen LogP contribution is 2.22. The molecule has 1 aromatic heterocycles. The first-order valence-electron chi connectivity index (χ1n) is 8.57. The maximum Gasteiger partial charge on any atom is 0.279 e. The molecule has 1 heterocycles. The van der Waals surface area contributed by atoms with Gasteiger partial charge in [0.2, 0.25) is 0 Å². The number of nitro benzene ring substituents is 1. The minimum Gasteiger partial charge on any atom is -0.481 e. The number of carbonyl (C=O) groups is 2. The Hall–Kier alpha value is -3.40. The van der Waals surface area contributed by atoms with Crippen LogP contribution in [0, 0.1) is 10.1 Å². The van der Waals surface area contributed by atoms with Crippen LogP contribution in [-0.2, 0) is 16.1 Å². The van der Waals surface area contributed by atoms with Gasteiger partial charge in [0, 0.05) is 33.7 Å². The number of halogens is 1. The molecule has 9 nitrogen and oxygen atoms in total. The van der Waals surface area contributed by atoms with Crippen molar-refractivity contribution in [1.29, 1.82) is 0 Å². The molecule has 0 saturated heterocycles. The van der Waals surface area contributed by atoms with Crippen molar-refractivity contribution >= 4 is 44.3 Å². The van der Waals surface area contributed by atoms with E-state index in [1.807, 2.05) is 6.07 Å². The third kappa shape index (κ3) is 5.11. The Morgan fingerprint density at radius 1 is 1.21 bits per heavy atom. The highest BCUT2D eigenvalue weighted by atomic mass is 79.9. The molecule has 2 amide bonds. The van der Waals surface area contributed by atoms with E-state index in [0.29, 0.717) is 16.7 Å². The summed E-state index contributed by atoms with van der Waals surface area (Å²) in [6.07, 6.45) is 0.826. The number of ether oxygens (including phenoxy) is 1. The summed E-state index contributed by atoms with van der Waals surface area (Å²) in [4.78, 5) is 34.6. The zero-order chi connectivity index (χ0) is 21.0. The van der Waals surface area contributed by atoms with E-state index in [1.54, 1.807) is 48.0 Å². The molecule has 2 N–H and O–H groups in total. The Morgan fingerprint density at radius 3 is 2.72 bits per heavy atom. The zero-order valence-electron chi connectivity index (χ0n) is 15.3. The van der Waals surface area contributed by atoms with Gasteiger partial charge in [0.25, 0.3) is 17.5 Å². The number of fused-ring (bicyclic) bond motifs is 1. The third-order valence-corrected chi connectivity index (χ3v) is 4.58. The van der Waals surface area contributed by atoms with Crippen LogP contribution in [0.1, 0.15) is 6.92 Å². The number of nitrogens with one attached hydrogen (secondary N) is 2. The molecule has 150 valence electrons. The number of amides is 2. The van der Waals surface area contributed by atoms with Gasteiger partial charge in [0.05, 0.1) is 4.92 Å². The lowest BCUT2D eigenvalue weighted by atomic mass is 10.2. The van der Waals surface area contributed by atoms with Crippen LogP contribution in [0.3, 0.4) is 0 Å². The number of rotatable bonds is 6. The quantitative estimate of drug-likeness (QED) is 0.433. The average Bonchev–Trinajstić information content (AvgIpc) is 3.08. The summed E-state index contributed by atoms with van der Waals surface area (Å²) >= 11 is 3.32. The molecule has 0 fully saturated rings. The van der Waals surface area contributed by atoms with Gasteiger partial charge in [-0.3, -0.25) is 30.6 Å². The highest BCUT2D eigenvalue weighted by molar-refractivity contribution is 9.10. The number of nitrogens with zero attached hydrogens (tertiary/aromatic N) is 2. The SMILES string of the molecule is CC(Oc1cccc(Br)c1)C(=O)NNC(=O)Cn1ccc2cc([N+](=O)[O-])ccc21. The molecule has 0 radical (unpaired) electrons. The van der Waals surface area contributed by atoms with Crippen molar-refractivity contribution in [3.63, 3.8) is 0 Å². The lowest BCUT2D eigenvalue weighted by molar-refractivity contribution is -0.384. The average molecular weight is 461 g/mol. The minimum atomic E-state index is -0.822. The van der Waals surface area contributed by atoms with Crippen LogP contribution in [0.15, 0.2) is 59.2 Å². The second kappa shape index (κ2) is 8.74. The van der Waals surface area contributed by atoms with Gasteiger partial charge in [-0.15, -0.1) is 0 Å². The van der Waals surface area contributed by atoms with E-state index in [-0.39, 0.29) is 12.2 Å². The van der Waals surface area contributed by atoms with E-state index in [9.17, 15) is 19.7 Å². The van der Waals surface area contributed by atoms with E-state index < -0.39 is 22.8 Å². The van der Waals surface area contributed by atoms with E-state index in [4.69, 9.17) is 4.74 Å². The number of carbonyl (C=O) groups excluding carboxylic acids is 2. The lowest BCUT2D eigenvalue weighted by Crippen LogP contribution is -2.48. The Kier molecular flexibility index (Phi) is 6.13. The fraction of sp³-hybridized carbons (Fsp3) is 0.158. The number of aromatic nitrogens is 1. The van der Waals surface area contributed by atoms with Crippen molar-refractivity contribution in [3.8, 4) is 5.75 Å². The van der Waals surface area contributed by atoms with E-state index in [2.05, 4.69) is 26.8 Å². The number of hydrogen-bond donors (Lipinski definition) is 2. The van der Waals surface area contributed by atoms with Crippen LogP contribution in [-0.4, -0.2) is 27.4 Å². The molecule has 0 aliphatic rings. The molecule has 0 aliphatic heterocycles. The van der Waals surface area contributed by atoms with Gasteiger partial charge in [-0.05, 0) is 37.3 Å². The van der Waals surface area contributed by atoms with Gasteiger partial charge in [0.15, 0.2) is 6.10 Å². The summed E-state index contributed by atoms with van der Waals surface area (Å²) in [5, 5.41) is 11.5. The van der Waals surface area contributed by atoms with Crippen molar-refractivity contribution in [1.82, 2.24) is 15.4 Å². The molecule has 29 heavy (non-hydrogen) atoms. The third-order valence-electron chi connectivity index (χ3n) is 4.08. The number of benzene rings is 2. The maximum atomic E-state index is 12.2. The number of non-ortho nitro benzene ring substituents is 1. The molecule has 0 aliphatic carbocycles. The van der Waals surface area contributed by atoms with Gasteiger partial charge < -0.3 is 9.30 Å². The predicted octanol–water partition coefficient (Wildman–Crippen LogP) is 2.93. The number of hydrogen-bond acceptors (Lipinski definition) is 5. The van der Waals surface area contributed by atoms with Gasteiger partial charge >= 0.3 is 0 Å². The van der Waals surface area contributed by atoms with E-state index in [0.717, 1.165) is 4.47 Å². The molecule has 1 atom stereocenters. The topological polar surface area (TPSA) is 116 Å². The molecule has 0 saturated carbocycles. The van der Waals surface area contributed by atoms with E-state index in [1.165, 1.54) is 12.1 Å². The van der Waals surface area contributed by atoms with Crippen molar-refractivity contribution in [2.45, 2.75) is 19.6 Å². The second-order valence-corrected chi connectivity index (χ2v) is 7.11. The van der Waals surface area contributed by atoms with E-state index >= 15 is 0 Å². The minimum absolute atomic E-state index is 0.0219. The Bertz CT molecular complexity index is 1080. The molecule has 3 rings (SSSR count). The van der Waals surface area contributed by atoms with Crippen LogP contribution >= 0.6 is 15.9 Å². The Labute approximate surface area is 173 Å². The van der Waals surface area contributed by atoms with Crippen molar-refractivity contribution in [2.75, 3.05) is 0 Å². The smallest absolute Gasteiger partial charge is 0.279 e. The van der Waals surface area contributed by atoms with Crippen LogP contribution in [0.25, 0.3) is 10.9 Å². The van der Waals surface area contributed by atoms with Crippen molar-refractivity contribution in [3.05, 3.63) is 69.3 Å². The molecule has 0 bridgehead atoms. The number of nitro groups is 1. The van der Waals surface area contributed by atoms with Gasteiger partial charge in [0.1, 0.15) is 12.3 Å². The molecular formula is C19H17BrN4O5. The molecule has 0 spiro atoms. The Morgan fingerprint density at radius 2 is 2.00 bits per heavy atom. The summed E-state index contributed by atoms with van der Waals surface area (Å²) < 4.78 is 7.98. The molecule has 1 unspecified atom stereocenters. The summed E-state index contributed by atoms with van der Waals surface area (Å²) in [7, 11) is 0. The first-order valence-corrected chi connectivity index (χ1v) is 9.37. The first kappa shape index (κ1) is 20.3. The first-order chi connectivity index (χ1) is 13.8. The van der Waals surface area contributed by atoms with Crippen LogP contribution in [0.5, 0.6) is 5.75 Å². The normalized spacial score (nSPS) is 11.7. The van der Waals surface area contributed by atoms with Crippen LogP contribution in [0.4, 0.5) is 5.69 Å². The summed E-state index contributed by atoms with van der Waals surface area (Å²) in [6.45, 7) is 1.50.